The van der Waals surface area contributed by atoms with Crippen LogP contribution in [0.2, 0.25) is 0 Å². The van der Waals surface area contributed by atoms with Crippen LogP contribution in [0.25, 0.3) is 0 Å². The van der Waals surface area contributed by atoms with Gasteiger partial charge in [-0.3, -0.25) is 4.79 Å². The summed E-state index contributed by atoms with van der Waals surface area (Å²) in [5.74, 6) is 0.949. The average Bonchev–Trinajstić information content (AvgIpc) is 3.00. The van der Waals surface area contributed by atoms with Crippen molar-refractivity contribution in [3.05, 3.63) is 53.8 Å². The van der Waals surface area contributed by atoms with Gasteiger partial charge in [0.1, 0.15) is 5.82 Å². The molecule has 0 spiro atoms. The van der Waals surface area contributed by atoms with Gasteiger partial charge in [0, 0.05) is 25.2 Å². The first-order chi connectivity index (χ1) is 10.6. The number of ether oxygens (including phenoxy) is 2. The number of carbonyl (C=O) groups excluding carboxylic acids is 1. The highest BCUT2D eigenvalue weighted by molar-refractivity contribution is 5.93. The molecule has 4 nitrogen and oxygen atoms in total. The summed E-state index contributed by atoms with van der Waals surface area (Å²) in [7, 11) is 1.70. The standard InChI is InChI=1S/C17H16FNO3/c1-19(13-7-8-15-16(10-13)22-11-21-15)17(20)9-6-12-4-2-3-5-14(12)18/h2-5,7-8,10H,6,9,11H2,1H3. The van der Waals surface area contributed by atoms with Crippen LogP contribution in [0.1, 0.15) is 12.0 Å². The van der Waals surface area contributed by atoms with E-state index in [-0.39, 0.29) is 24.9 Å². The van der Waals surface area contributed by atoms with Crippen molar-refractivity contribution >= 4 is 11.6 Å². The van der Waals surface area contributed by atoms with E-state index < -0.39 is 0 Å². The van der Waals surface area contributed by atoms with Gasteiger partial charge in [-0.2, -0.15) is 0 Å². The molecule has 1 aliphatic rings. The third kappa shape index (κ3) is 2.88. The number of hydrogen-bond acceptors (Lipinski definition) is 3. The van der Waals surface area contributed by atoms with E-state index in [1.165, 1.54) is 6.07 Å². The van der Waals surface area contributed by atoms with E-state index in [0.29, 0.717) is 23.5 Å². The summed E-state index contributed by atoms with van der Waals surface area (Å²) < 4.78 is 24.1. The molecule has 114 valence electrons. The molecule has 0 aliphatic carbocycles. The zero-order chi connectivity index (χ0) is 15.5. The van der Waals surface area contributed by atoms with Crippen molar-refractivity contribution in [2.75, 3.05) is 18.7 Å². The highest BCUT2D eigenvalue weighted by atomic mass is 19.1. The van der Waals surface area contributed by atoms with Crippen LogP contribution in [0.4, 0.5) is 10.1 Å². The first-order valence-corrected chi connectivity index (χ1v) is 7.05. The van der Waals surface area contributed by atoms with Crippen LogP contribution in [0, 0.1) is 5.82 Å². The van der Waals surface area contributed by atoms with Crippen LogP contribution in [0.5, 0.6) is 11.5 Å². The highest BCUT2D eigenvalue weighted by Gasteiger charge is 2.17. The fourth-order valence-corrected chi connectivity index (χ4v) is 2.35. The highest BCUT2D eigenvalue weighted by Crippen LogP contribution is 2.35. The maximum atomic E-state index is 13.6. The van der Waals surface area contributed by atoms with Crippen molar-refractivity contribution in [1.29, 1.82) is 0 Å². The van der Waals surface area contributed by atoms with Gasteiger partial charge < -0.3 is 14.4 Å². The summed E-state index contributed by atoms with van der Waals surface area (Å²) in [6.45, 7) is 0.198. The number of halogens is 1. The van der Waals surface area contributed by atoms with E-state index in [1.807, 2.05) is 0 Å². The number of anilines is 1. The molecule has 0 N–H and O–H groups in total. The molecule has 1 heterocycles. The SMILES string of the molecule is CN(C(=O)CCc1ccccc1F)c1ccc2c(c1)OCO2. The quantitative estimate of drug-likeness (QED) is 0.871. The maximum Gasteiger partial charge on any atom is 0.231 e. The first kappa shape index (κ1) is 14.4. The Morgan fingerprint density at radius 2 is 1.95 bits per heavy atom. The topological polar surface area (TPSA) is 38.8 Å². The number of nitrogens with zero attached hydrogens (tertiary/aromatic N) is 1. The molecule has 5 heteroatoms. The van der Waals surface area contributed by atoms with Crippen molar-refractivity contribution in [3.8, 4) is 11.5 Å². The van der Waals surface area contributed by atoms with Gasteiger partial charge in [-0.05, 0) is 30.2 Å². The summed E-state index contributed by atoms with van der Waals surface area (Å²) in [4.78, 5) is 13.8. The van der Waals surface area contributed by atoms with Crippen LogP contribution < -0.4 is 14.4 Å². The normalized spacial score (nSPS) is 12.3. The third-order valence-electron chi connectivity index (χ3n) is 3.68. The van der Waals surface area contributed by atoms with Gasteiger partial charge in [-0.25, -0.2) is 4.39 Å². The van der Waals surface area contributed by atoms with Crippen molar-refractivity contribution in [1.82, 2.24) is 0 Å². The Morgan fingerprint density at radius 3 is 2.77 bits per heavy atom. The second-order valence-corrected chi connectivity index (χ2v) is 5.08. The number of carbonyl (C=O) groups is 1. The predicted octanol–water partition coefficient (Wildman–Crippen LogP) is 3.15. The largest absolute Gasteiger partial charge is 0.454 e. The Balaban J connectivity index is 1.66. The van der Waals surface area contributed by atoms with E-state index in [0.717, 1.165) is 5.69 Å². The molecule has 2 aromatic rings. The van der Waals surface area contributed by atoms with Crippen molar-refractivity contribution in [2.45, 2.75) is 12.8 Å². The zero-order valence-electron chi connectivity index (χ0n) is 12.2. The molecule has 0 bridgehead atoms. The van der Waals surface area contributed by atoms with Crippen molar-refractivity contribution in [3.63, 3.8) is 0 Å². The smallest absolute Gasteiger partial charge is 0.231 e. The molecule has 0 fully saturated rings. The van der Waals surface area contributed by atoms with Gasteiger partial charge in [0.25, 0.3) is 0 Å². The van der Waals surface area contributed by atoms with E-state index in [1.54, 1.807) is 48.3 Å². The molecule has 0 saturated heterocycles. The number of rotatable bonds is 4. The third-order valence-corrected chi connectivity index (χ3v) is 3.68. The number of amides is 1. The van der Waals surface area contributed by atoms with Crippen LogP contribution >= 0.6 is 0 Å². The minimum atomic E-state index is -0.277. The predicted molar refractivity (Wildman–Crippen MR) is 80.7 cm³/mol. The maximum absolute atomic E-state index is 13.6. The average molecular weight is 301 g/mol. The molecule has 0 atom stereocenters. The minimum Gasteiger partial charge on any atom is -0.454 e. The van der Waals surface area contributed by atoms with E-state index in [4.69, 9.17) is 9.47 Å². The molecule has 0 unspecified atom stereocenters. The molecule has 0 aromatic heterocycles. The van der Waals surface area contributed by atoms with Gasteiger partial charge in [0.15, 0.2) is 11.5 Å². The number of benzene rings is 2. The number of hydrogen-bond donors (Lipinski definition) is 0. The van der Waals surface area contributed by atoms with Gasteiger partial charge in [0.2, 0.25) is 12.7 Å². The Morgan fingerprint density at radius 1 is 1.18 bits per heavy atom. The lowest BCUT2D eigenvalue weighted by molar-refractivity contribution is -0.118. The molecule has 0 saturated carbocycles. The zero-order valence-corrected chi connectivity index (χ0v) is 12.2. The second kappa shape index (κ2) is 6.05. The first-order valence-electron chi connectivity index (χ1n) is 7.05. The van der Waals surface area contributed by atoms with Gasteiger partial charge in [-0.15, -0.1) is 0 Å². The minimum absolute atomic E-state index is 0.0814. The summed E-state index contributed by atoms with van der Waals surface area (Å²) in [6, 6.07) is 11.9. The van der Waals surface area contributed by atoms with Crippen molar-refractivity contribution in [2.24, 2.45) is 0 Å². The fourth-order valence-electron chi connectivity index (χ4n) is 2.35. The molecule has 0 radical (unpaired) electrons. The molecular weight excluding hydrogens is 285 g/mol. The molecule has 22 heavy (non-hydrogen) atoms. The van der Waals surface area contributed by atoms with Crippen LogP contribution in [0.15, 0.2) is 42.5 Å². The number of fused-ring (bicyclic) bond motifs is 1. The fraction of sp³-hybridized carbons (Fsp3) is 0.235. The molecule has 2 aromatic carbocycles. The monoisotopic (exact) mass is 301 g/mol. The summed E-state index contributed by atoms with van der Waals surface area (Å²) in [5.41, 5.74) is 1.28. The number of aryl methyl sites for hydroxylation is 1. The Hall–Kier alpha value is -2.56. The second-order valence-electron chi connectivity index (χ2n) is 5.08. The van der Waals surface area contributed by atoms with Crippen molar-refractivity contribution < 1.29 is 18.7 Å². The Kier molecular flexibility index (Phi) is 3.96. The molecular formula is C17H16FNO3. The molecule has 1 aliphatic heterocycles. The Labute approximate surface area is 128 Å². The van der Waals surface area contributed by atoms with E-state index in [2.05, 4.69) is 0 Å². The van der Waals surface area contributed by atoms with Gasteiger partial charge in [-0.1, -0.05) is 18.2 Å². The van der Waals surface area contributed by atoms with Crippen LogP contribution in [0.3, 0.4) is 0 Å². The van der Waals surface area contributed by atoms with E-state index in [9.17, 15) is 9.18 Å². The summed E-state index contributed by atoms with van der Waals surface area (Å²) >= 11 is 0. The van der Waals surface area contributed by atoms with Crippen LogP contribution in [-0.4, -0.2) is 19.7 Å². The molecule has 1 amide bonds. The lowest BCUT2D eigenvalue weighted by Crippen LogP contribution is -2.26. The summed E-state index contributed by atoms with van der Waals surface area (Å²) in [5, 5.41) is 0. The Bertz CT molecular complexity index is 702. The van der Waals surface area contributed by atoms with Gasteiger partial charge in [0.05, 0.1) is 0 Å². The molecule has 3 rings (SSSR count). The summed E-state index contributed by atoms with van der Waals surface area (Å²) in [6.07, 6.45) is 0.617. The van der Waals surface area contributed by atoms with Gasteiger partial charge >= 0.3 is 0 Å². The van der Waals surface area contributed by atoms with E-state index >= 15 is 0 Å². The lowest BCUT2D eigenvalue weighted by atomic mass is 10.1. The van der Waals surface area contributed by atoms with Crippen LogP contribution in [-0.2, 0) is 11.2 Å². The lowest BCUT2D eigenvalue weighted by Gasteiger charge is -2.17.